The number of nitrogens with zero attached hydrogens (tertiary/aromatic N) is 5. The summed E-state index contributed by atoms with van der Waals surface area (Å²) in [6, 6.07) is 9.71. The molecular formula is C37H51ClFN5O2. The predicted molar refractivity (Wildman–Crippen MR) is 184 cm³/mol. The van der Waals surface area contributed by atoms with Crippen LogP contribution in [0.1, 0.15) is 84.6 Å². The Hall–Kier alpha value is -3.15. The van der Waals surface area contributed by atoms with Crippen molar-refractivity contribution in [2.45, 2.75) is 97.1 Å². The molecule has 3 saturated heterocycles. The second kappa shape index (κ2) is 16.1. The van der Waals surface area contributed by atoms with E-state index in [1.165, 1.54) is 10.5 Å². The lowest BCUT2D eigenvalue weighted by Crippen LogP contribution is -2.57. The molecule has 1 aliphatic carbocycles. The van der Waals surface area contributed by atoms with Crippen molar-refractivity contribution >= 4 is 23.3 Å². The van der Waals surface area contributed by atoms with Crippen molar-refractivity contribution in [2.75, 3.05) is 39.8 Å². The number of aryl methyl sites for hydroxylation is 1. The summed E-state index contributed by atoms with van der Waals surface area (Å²) in [4.78, 5) is 24.1. The number of allylic oxidation sites excluding steroid dienone is 2. The van der Waals surface area contributed by atoms with Crippen molar-refractivity contribution in [3.8, 4) is 6.07 Å². The fraction of sp³-hybridized carbons (Fsp3) is 0.595. The van der Waals surface area contributed by atoms with Gasteiger partial charge in [-0.2, -0.15) is 10.3 Å². The van der Waals surface area contributed by atoms with Gasteiger partial charge in [0.1, 0.15) is 12.4 Å². The molecule has 3 heterocycles. The average molecular weight is 652 g/mol. The van der Waals surface area contributed by atoms with Gasteiger partial charge in [0.2, 0.25) is 5.88 Å². The Kier molecular flexibility index (Phi) is 12.5. The Balaban J connectivity index is 1.70. The molecule has 1 aromatic carbocycles. The Bertz CT molecular complexity index is 1410. The number of hydrogen-bond donors (Lipinski definition) is 0. The van der Waals surface area contributed by atoms with E-state index in [0.29, 0.717) is 25.6 Å². The van der Waals surface area contributed by atoms with Crippen LogP contribution in [0.4, 0.5) is 4.39 Å². The summed E-state index contributed by atoms with van der Waals surface area (Å²) >= 11 is 6.46. The number of aliphatic imine (C=N–C) groups is 1. The highest BCUT2D eigenvalue weighted by atomic mass is 35.5. The van der Waals surface area contributed by atoms with Gasteiger partial charge in [0.05, 0.1) is 24.1 Å². The molecule has 1 atom stereocenters. The number of hydrogen-bond acceptors (Lipinski definition) is 5. The second-order valence-electron chi connectivity index (χ2n) is 13.4. The molecule has 7 nitrogen and oxygen atoms in total. The number of rotatable bonds is 14. The number of amides is 1. The van der Waals surface area contributed by atoms with Gasteiger partial charge in [-0.1, -0.05) is 62.2 Å². The van der Waals surface area contributed by atoms with Crippen LogP contribution >= 0.6 is 11.6 Å². The zero-order valence-corrected chi connectivity index (χ0v) is 29.1. The SMILES string of the molecule is C=C(F)C(=O)N1CCN(C(=N/C(OCC23CC(CN2C)C3)=C(C)CC)/C(CCC)=C(\C)CCCc2ccccc2Cl)CC1CC#N. The average Bonchev–Trinajstić information content (AvgIpc) is 3.51. The van der Waals surface area contributed by atoms with E-state index in [1.54, 1.807) is 0 Å². The lowest BCUT2D eigenvalue weighted by Gasteiger charge is -2.42. The summed E-state index contributed by atoms with van der Waals surface area (Å²) in [7, 11) is 2.19. The molecule has 1 amide bonds. The Morgan fingerprint density at radius 3 is 2.52 bits per heavy atom. The Morgan fingerprint density at radius 1 is 1.17 bits per heavy atom. The number of nitriles is 1. The van der Waals surface area contributed by atoms with Crippen LogP contribution in [0.2, 0.25) is 5.02 Å². The topological polar surface area (TPSA) is 72.2 Å². The fourth-order valence-corrected chi connectivity index (χ4v) is 7.44. The molecule has 250 valence electrons. The zero-order chi connectivity index (χ0) is 33.4. The first-order chi connectivity index (χ1) is 22.0. The lowest BCUT2D eigenvalue weighted by atomic mass is 9.74. The van der Waals surface area contributed by atoms with Crippen molar-refractivity contribution in [2.24, 2.45) is 10.9 Å². The smallest absolute Gasteiger partial charge is 0.282 e. The van der Waals surface area contributed by atoms with Crippen LogP contribution in [0.5, 0.6) is 0 Å². The molecule has 46 heavy (non-hydrogen) atoms. The highest BCUT2D eigenvalue weighted by Gasteiger charge is 2.55. The van der Waals surface area contributed by atoms with Crippen molar-refractivity contribution in [1.29, 1.82) is 5.26 Å². The number of likely N-dealkylation sites (N-methyl/N-ethyl adjacent to an activating group) is 1. The van der Waals surface area contributed by atoms with E-state index in [1.807, 2.05) is 18.2 Å². The molecule has 1 unspecified atom stereocenters. The Labute approximate surface area is 280 Å². The first-order valence-electron chi connectivity index (χ1n) is 16.9. The largest absolute Gasteiger partial charge is 0.476 e. The molecule has 9 heteroatoms. The molecule has 5 rings (SSSR count). The fourth-order valence-electron chi connectivity index (χ4n) is 7.21. The Morgan fingerprint density at radius 2 is 1.91 bits per heavy atom. The van der Waals surface area contributed by atoms with Crippen LogP contribution in [0, 0.1) is 17.2 Å². The second-order valence-corrected chi connectivity index (χ2v) is 13.8. The van der Waals surface area contributed by atoms with Crippen LogP contribution in [0.3, 0.4) is 0 Å². The molecule has 0 aromatic heterocycles. The van der Waals surface area contributed by atoms with Gasteiger partial charge < -0.3 is 14.5 Å². The third-order valence-electron chi connectivity index (χ3n) is 10.1. The first kappa shape index (κ1) is 35.7. The van der Waals surface area contributed by atoms with Crippen LogP contribution < -0.4 is 0 Å². The van der Waals surface area contributed by atoms with Gasteiger partial charge in [0.25, 0.3) is 5.91 Å². The number of carbonyl (C=O) groups is 1. The minimum absolute atomic E-state index is 0.0784. The summed E-state index contributed by atoms with van der Waals surface area (Å²) < 4.78 is 20.6. The molecule has 0 spiro atoms. The maximum atomic E-state index is 14.0. The quantitative estimate of drug-likeness (QED) is 0.0887. The monoisotopic (exact) mass is 651 g/mol. The number of fused-ring (bicyclic) bond motifs is 1. The molecule has 4 fully saturated rings. The van der Waals surface area contributed by atoms with Gasteiger partial charge in [0.15, 0.2) is 5.83 Å². The standard InChI is InChI=1S/C37H51ClFN5O2/c1-7-12-32(27(4)13-11-15-30-14-9-10-16-33(30)38)34(43-19-20-44(36(45)28(5)39)31(24-43)17-18-40)41-35(26(3)8-2)46-25-37-21-29(22-37)23-42(37)6/h9-10,14,16,29,31H,5,7-8,11-13,15,17,19-25H2,1-4,6H3/b32-27+,35-26?,41-34+. The van der Waals surface area contributed by atoms with E-state index >= 15 is 0 Å². The van der Waals surface area contributed by atoms with Crippen molar-refractivity contribution in [3.05, 3.63) is 69.9 Å². The summed E-state index contributed by atoms with van der Waals surface area (Å²) in [5.41, 5.74) is 4.72. The van der Waals surface area contributed by atoms with Crippen LogP contribution in [0.25, 0.3) is 0 Å². The highest BCUT2D eigenvalue weighted by Crippen LogP contribution is 2.50. The van der Waals surface area contributed by atoms with Gasteiger partial charge in [-0.3, -0.25) is 9.69 Å². The van der Waals surface area contributed by atoms with Crippen LogP contribution in [-0.2, 0) is 16.0 Å². The van der Waals surface area contributed by atoms with Crippen LogP contribution in [-0.4, -0.2) is 77.9 Å². The van der Waals surface area contributed by atoms with Gasteiger partial charge in [-0.25, -0.2) is 4.39 Å². The minimum Gasteiger partial charge on any atom is -0.476 e. The number of amidine groups is 1. The van der Waals surface area contributed by atoms with E-state index in [4.69, 9.17) is 21.3 Å². The summed E-state index contributed by atoms with van der Waals surface area (Å²) in [6.07, 6.45) is 7.68. The molecule has 3 aliphatic heterocycles. The van der Waals surface area contributed by atoms with E-state index in [2.05, 4.69) is 63.3 Å². The third-order valence-corrected chi connectivity index (χ3v) is 10.5. The third kappa shape index (κ3) is 8.22. The molecule has 1 aromatic rings. The summed E-state index contributed by atoms with van der Waals surface area (Å²) in [6.45, 7) is 14.6. The number of carbonyl (C=O) groups excluding carboxylic acids is 1. The minimum atomic E-state index is -1.00. The lowest BCUT2D eigenvalue weighted by molar-refractivity contribution is -0.132. The van der Waals surface area contributed by atoms with Gasteiger partial charge in [-0.05, 0) is 94.5 Å². The number of ether oxygens (including phenoxy) is 1. The molecule has 0 radical (unpaired) electrons. The summed E-state index contributed by atoms with van der Waals surface area (Å²) in [5.74, 6) is 0.496. The molecular weight excluding hydrogens is 601 g/mol. The van der Waals surface area contributed by atoms with Gasteiger partial charge in [0, 0.05) is 31.2 Å². The van der Waals surface area contributed by atoms with Crippen molar-refractivity contribution in [3.63, 3.8) is 0 Å². The molecule has 1 saturated carbocycles. The summed E-state index contributed by atoms with van der Waals surface area (Å²) in [5, 5.41) is 10.4. The normalized spacial score (nSPS) is 24.2. The first-order valence-corrected chi connectivity index (χ1v) is 17.2. The van der Waals surface area contributed by atoms with Crippen LogP contribution in [0.15, 0.2) is 64.3 Å². The molecule has 2 bridgehead atoms. The zero-order valence-electron chi connectivity index (χ0n) is 28.4. The maximum absolute atomic E-state index is 14.0. The maximum Gasteiger partial charge on any atom is 0.282 e. The van der Waals surface area contributed by atoms with E-state index < -0.39 is 17.8 Å². The molecule has 0 N–H and O–H groups in total. The number of benzene rings is 1. The van der Waals surface area contributed by atoms with E-state index in [0.717, 1.165) is 91.4 Å². The molecule has 4 aliphatic rings. The predicted octanol–water partition coefficient (Wildman–Crippen LogP) is 7.84. The van der Waals surface area contributed by atoms with Crippen molar-refractivity contribution in [1.82, 2.24) is 14.7 Å². The van der Waals surface area contributed by atoms with Gasteiger partial charge in [-0.15, -0.1) is 0 Å². The van der Waals surface area contributed by atoms with Crippen molar-refractivity contribution < 1.29 is 13.9 Å². The number of halogens is 2. The van der Waals surface area contributed by atoms with E-state index in [9.17, 15) is 14.4 Å². The highest BCUT2D eigenvalue weighted by molar-refractivity contribution is 6.31. The van der Waals surface area contributed by atoms with E-state index in [-0.39, 0.29) is 18.5 Å². The number of piperazine rings is 1. The van der Waals surface area contributed by atoms with Gasteiger partial charge >= 0.3 is 0 Å².